The van der Waals surface area contributed by atoms with Gasteiger partial charge in [0.05, 0.1) is 0 Å². The molecule has 0 saturated heterocycles. The molecule has 0 aliphatic heterocycles. The van der Waals surface area contributed by atoms with E-state index in [9.17, 15) is 0 Å². The molecule has 108 valence electrons. The largest absolute Gasteiger partial charge is 0.0870 e. The fourth-order valence-corrected chi connectivity index (χ4v) is 3.50. The summed E-state index contributed by atoms with van der Waals surface area (Å²) in [6.45, 7) is 4.40. The fourth-order valence-electron chi connectivity index (χ4n) is 3.50. The maximum Gasteiger partial charge on any atom is -0.0103 e. The van der Waals surface area contributed by atoms with Crippen molar-refractivity contribution in [2.45, 2.75) is 46.0 Å². The average molecular weight is 276 g/mol. The second-order valence-electron chi connectivity index (χ2n) is 5.87. The highest BCUT2D eigenvalue weighted by Crippen LogP contribution is 2.36. The van der Waals surface area contributed by atoms with E-state index in [0.717, 1.165) is 0 Å². The molecule has 0 fully saturated rings. The van der Waals surface area contributed by atoms with Crippen molar-refractivity contribution < 1.29 is 0 Å². The quantitative estimate of drug-likeness (QED) is 0.626. The molecular weight excluding hydrogens is 252 g/mol. The van der Waals surface area contributed by atoms with Crippen LogP contribution < -0.4 is 0 Å². The van der Waals surface area contributed by atoms with Crippen LogP contribution in [-0.4, -0.2) is 0 Å². The summed E-state index contributed by atoms with van der Waals surface area (Å²) in [6, 6.07) is 8.89. The number of rotatable bonds is 4. The van der Waals surface area contributed by atoms with E-state index in [0.29, 0.717) is 0 Å². The van der Waals surface area contributed by atoms with Crippen LogP contribution in [0.1, 0.15) is 55.4 Å². The van der Waals surface area contributed by atoms with Crippen LogP contribution in [0.3, 0.4) is 0 Å². The molecule has 2 aromatic rings. The molecule has 2 aromatic carbocycles. The minimum absolute atomic E-state index is 1.18. The van der Waals surface area contributed by atoms with E-state index < -0.39 is 0 Å². The highest BCUT2D eigenvalue weighted by Gasteiger charge is 2.17. The molecule has 0 heterocycles. The van der Waals surface area contributed by atoms with Crippen molar-refractivity contribution in [2.24, 2.45) is 0 Å². The third-order valence-corrected chi connectivity index (χ3v) is 4.48. The predicted octanol–water partition coefficient (Wildman–Crippen LogP) is 6.17. The first kappa shape index (κ1) is 14.1. The van der Waals surface area contributed by atoms with Crippen molar-refractivity contribution in [1.29, 1.82) is 0 Å². The molecule has 0 amide bonds. The number of benzene rings is 2. The number of hydrogen-bond donors (Lipinski definition) is 0. The van der Waals surface area contributed by atoms with Crippen LogP contribution in [-0.2, 0) is 12.8 Å². The van der Waals surface area contributed by atoms with Crippen molar-refractivity contribution in [2.75, 3.05) is 0 Å². The van der Waals surface area contributed by atoms with Crippen molar-refractivity contribution in [3.05, 3.63) is 58.7 Å². The number of unbranched alkanes of at least 4 members (excludes halogenated alkanes) is 1. The van der Waals surface area contributed by atoms with E-state index >= 15 is 0 Å². The number of hydrogen-bond acceptors (Lipinski definition) is 0. The molecule has 0 spiro atoms. The van der Waals surface area contributed by atoms with Crippen LogP contribution in [0.2, 0.25) is 0 Å². The molecule has 0 radical (unpaired) electrons. The molecule has 0 unspecified atom stereocenters. The predicted molar refractivity (Wildman–Crippen MR) is 94.6 cm³/mol. The summed E-state index contributed by atoms with van der Waals surface area (Å²) in [5, 5.41) is 2.82. The summed E-state index contributed by atoms with van der Waals surface area (Å²) in [5.74, 6) is 0. The van der Waals surface area contributed by atoms with Crippen LogP contribution in [0.5, 0.6) is 0 Å². The minimum atomic E-state index is 1.18. The summed E-state index contributed by atoms with van der Waals surface area (Å²) in [6.07, 6.45) is 15.3. The smallest absolute Gasteiger partial charge is 0.0103 e. The summed E-state index contributed by atoms with van der Waals surface area (Å²) in [7, 11) is 0. The fraction of sp³-hybridized carbons (Fsp3) is 0.333. The molecule has 1 aliphatic rings. The number of allylic oxidation sites excluding steroid dienone is 2. The highest BCUT2D eigenvalue weighted by molar-refractivity contribution is 5.99. The summed E-state index contributed by atoms with van der Waals surface area (Å²) in [4.78, 5) is 0. The van der Waals surface area contributed by atoms with Gasteiger partial charge in [-0.05, 0) is 65.6 Å². The Morgan fingerprint density at radius 1 is 1.14 bits per heavy atom. The molecule has 0 N–H and O–H groups in total. The Morgan fingerprint density at radius 2 is 1.95 bits per heavy atom. The molecule has 0 saturated carbocycles. The highest BCUT2D eigenvalue weighted by atomic mass is 14.2. The summed E-state index contributed by atoms with van der Waals surface area (Å²) in [5.41, 5.74) is 6.11. The lowest BCUT2D eigenvalue weighted by Gasteiger charge is -2.22. The van der Waals surface area contributed by atoms with Gasteiger partial charge in [0, 0.05) is 0 Å². The van der Waals surface area contributed by atoms with Crippen molar-refractivity contribution in [3.63, 3.8) is 0 Å². The van der Waals surface area contributed by atoms with Gasteiger partial charge in [0.15, 0.2) is 0 Å². The standard InChI is InChI=1S/C21H24/c1-3-5-11-17-16(10-4-2)18-12-6-7-14-20(18)21-15-9-8-13-19(17)21/h4,6-7,9-10,12,14-15H,3,5,8,11,13H2,1-2H3. The Morgan fingerprint density at radius 3 is 2.71 bits per heavy atom. The Hall–Kier alpha value is -1.82. The second-order valence-corrected chi connectivity index (χ2v) is 5.87. The number of fused-ring (bicyclic) bond motifs is 3. The molecule has 21 heavy (non-hydrogen) atoms. The zero-order chi connectivity index (χ0) is 14.7. The minimum Gasteiger partial charge on any atom is -0.0870 e. The molecule has 1 aliphatic carbocycles. The van der Waals surface area contributed by atoms with Crippen molar-refractivity contribution >= 4 is 22.9 Å². The average Bonchev–Trinajstić information content (AvgIpc) is 2.54. The summed E-state index contributed by atoms with van der Waals surface area (Å²) >= 11 is 0. The second kappa shape index (κ2) is 6.30. The molecular formula is C21H24. The van der Waals surface area contributed by atoms with Gasteiger partial charge >= 0.3 is 0 Å². The first-order chi connectivity index (χ1) is 10.4. The molecule has 0 aromatic heterocycles. The van der Waals surface area contributed by atoms with Gasteiger partial charge in [-0.2, -0.15) is 0 Å². The van der Waals surface area contributed by atoms with Crippen LogP contribution in [0.4, 0.5) is 0 Å². The Kier molecular flexibility index (Phi) is 4.24. The Bertz CT molecular complexity index is 702. The molecule has 0 nitrogen and oxygen atoms in total. The van der Waals surface area contributed by atoms with Gasteiger partial charge < -0.3 is 0 Å². The van der Waals surface area contributed by atoms with E-state index in [2.05, 4.69) is 62.4 Å². The Labute approximate surface area is 128 Å². The van der Waals surface area contributed by atoms with Crippen LogP contribution in [0.25, 0.3) is 22.9 Å². The normalized spacial score (nSPS) is 14.0. The van der Waals surface area contributed by atoms with E-state index in [1.165, 1.54) is 54.0 Å². The molecule has 0 atom stereocenters. The van der Waals surface area contributed by atoms with E-state index in [-0.39, 0.29) is 0 Å². The van der Waals surface area contributed by atoms with Crippen molar-refractivity contribution in [3.8, 4) is 0 Å². The summed E-state index contributed by atoms with van der Waals surface area (Å²) < 4.78 is 0. The van der Waals surface area contributed by atoms with Gasteiger partial charge in [0.1, 0.15) is 0 Å². The monoisotopic (exact) mass is 276 g/mol. The van der Waals surface area contributed by atoms with Gasteiger partial charge in [0.25, 0.3) is 0 Å². The van der Waals surface area contributed by atoms with Crippen molar-refractivity contribution in [1.82, 2.24) is 0 Å². The van der Waals surface area contributed by atoms with E-state index in [1.807, 2.05) is 0 Å². The first-order valence-corrected chi connectivity index (χ1v) is 8.22. The van der Waals surface area contributed by atoms with Crippen LogP contribution in [0.15, 0.2) is 36.4 Å². The molecule has 0 bridgehead atoms. The van der Waals surface area contributed by atoms with Crippen LogP contribution in [0, 0.1) is 0 Å². The molecule has 3 rings (SSSR count). The third-order valence-electron chi connectivity index (χ3n) is 4.48. The lowest BCUT2D eigenvalue weighted by Crippen LogP contribution is -2.05. The van der Waals surface area contributed by atoms with Crippen LogP contribution >= 0.6 is 0 Å². The Balaban J connectivity index is 2.35. The zero-order valence-electron chi connectivity index (χ0n) is 13.2. The van der Waals surface area contributed by atoms with Gasteiger partial charge in [-0.1, -0.05) is 61.9 Å². The van der Waals surface area contributed by atoms with E-state index in [1.54, 1.807) is 11.1 Å². The van der Waals surface area contributed by atoms with Gasteiger partial charge in [-0.25, -0.2) is 0 Å². The maximum absolute atomic E-state index is 2.34. The van der Waals surface area contributed by atoms with Gasteiger partial charge in [-0.15, -0.1) is 0 Å². The maximum atomic E-state index is 2.34. The zero-order valence-corrected chi connectivity index (χ0v) is 13.2. The first-order valence-electron chi connectivity index (χ1n) is 8.22. The lowest BCUT2D eigenvalue weighted by molar-refractivity contribution is 0.782. The topological polar surface area (TPSA) is 0 Å². The lowest BCUT2D eigenvalue weighted by atomic mass is 9.83. The SMILES string of the molecule is CC=Cc1c(CCCC)c2c(c3ccccc13)C=CCC2. The van der Waals surface area contributed by atoms with Gasteiger partial charge in [0.2, 0.25) is 0 Å². The van der Waals surface area contributed by atoms with Gasteiger partial charge in [-0.3, -0.25) is 0 Å². The third kappa shape index (κ3) is 2.55. The van der Waals surface area contributed by atoms with E-state index in [4.69, 9.17) is 0 Å². The molecule has 0 heteroatoms.